The van der Waals surface area contributed by atoms with E-state index in [0.29, 0.717) is 36.8 Å². The van der Waals surface area contributed by atoms with Crippen molar-refractivity contribution in [2.45, 2.75) is 13.3 Å². The third-order valence-electron chi connectivity index (χ3n) is 5.74. The van der Waals surface area contributed by atoms with Gasteiger partial charge in [0.2, 0.25) is 0 Å². The van der Waals surface area contributed by atoms with Gasteiger partial charge in [-0.3, -0.25) is 4.79 Å². The predicted octanol–water partition coefficient (Wildman–Crippen LogP) is 3.84. The summed E-state index contributed by atoms with van der Waals surface area (Å²) in [4.78, 5) is 24.1. The van der Waals surface area contributed by atoms with Crippen LogP contribution in [0.25, 0.3) is 5.65 Å². The number of morpholine rings is 1. The number of fused-ring (bicyclic) bond motifs is 1. The van der Waals surface area contributed by atoms with Crippen LogP contribution >= 0.6 is 0 Å². The van der Waals surface area contributed by atoms with Gasteiger partial charge in [0.1, 0.15) is 5.69 Å². The van der Waals surface area contributed by atoms with E-state index in [9.17, 15) is 4.79 Å². The van der Waals surface area contributed by atoms with Crippen LogP contribution in [0, 0.1) is 0 Å². The fourth-order valence-corrected chi connectivity index (χ4v) is 4.08. The number of anilines is 1. The predicted molar refractivity (Wildman–Crippen MR) is 135 cm³/mol. The van der Waals surface area contributed by atoms with Crippen LogP contribution in [0.15, 0.2) is 77.9 Å². The van der Waals surface area contributed by atoms with Gasteiger partial charge >= 0.3 is 5.97 Å². The zero-order valence-corrected chi connectivity index (χ0v) is 19.6. The van der Waals surface area contributed by atoms with Gasteiger partial charge in [-0.05, 0) is 6.92 Å². The zero-order valence-electron chi connectivity index (χ0n) is 19.6. The van der Waals surface area contributed by atoms with Crippen LogP contribution in [0.4, 0.5) is 11.5 Å². The molecule has 0 amide bonds. The minimum Gasteiger partial charge on any atom is -0.466 e. The van der Waals surface area contributed by atoms with Gasteiger partial charge in [0.25, 0.3) is 0 Å². The summed E-state index contributed by atoms with van der Waals surface area (Å²) in [5.74, 6) is 0.476. The molecule has 178 valence electrons. The maximum Gasteiger partial charge on any atom is 0.311 e. The fourth-order valence-electron chi connectivity index (χ4n) is 4.08. The Morgan fingerprint density at radius 3 is 2.31 bits per heavy atom. The highest BCUT2D eigenvalue weighted by Crippen LogP contribution is 2.27. The van der Waals surface area contributed by atoms with Gasteiger partial charge in [0, 0.05) is 30.3 Å². The number of nitrogens with zero attached hydrogens (tertiary/aromatic N) is 5. The van der Waals surface area contributed by atoms with E-state index in [1.165, 1.54) is 0 Å². The van der Waals surface area contributed by atoms with E-state index in [0.717, 1.165) is 35.7 Å². The molecule has 0 atom stereocenters. The molecule has 0 radical (unpaired) electrons. The van der Waals surface area contributed by atoms with Crippen molar-refractivity contribution in [3.8, 4) is 0 Å². The van der Waals surface area contributed by atoms with Crippen molar-refractivity contribution in [3.05, 3.63) is 89.7 Å². The third-order valence-corrected chi connectivity index (χ3v) is 5.74. The average Bonchev–Trinajstić information content (AvgIpc) is 3.31. The third kappa shape index (κ3) is 5.22. The average molecular weight is 470 g/mol. The summed E-state index contributed by atoms with van der Waals surface area (Å²) >= 11 is 0. The first-order valence-electron chi connectivity index (χ1n) is 11.8. The Labute approximate surface area is 203 Å². The topological polar surface area (TPSA) is 81.3 Å². The molecule has 2 aromatic heterocycles. The van der Waals surface area contributed by atoms with Gasteiger partial charge in [0.05, 0.1) is 43.8 Å². The van der Waals surface area contributed by atoms with Crippen molar-refractivity contribution in [2.75, 3.05) is 37.8 Å². The maximum absolute atomic E-state index is 12.1. The van der Waals surface area contributed by atoms with Crippen LogP contribution in [0.5, 0.6) is 0 Å². The summed E-state index contributed by atoms with van der Waals surface area (Å²) in [7, 11) is 0. The van der Waals surface area contributed by atoms with Crippen LogP contribution in [0.1, 0.15) is 23.7 Å². The Morgan fingerprint density at radius 2 is 1.69 bits per heavy atom. The molecule has 5 rings (SSSR count). The number of hydrogen-bond acceptors (Lipinski definition) is 7. The van der Waals surface area contributed by atoms with Gasteiger partial charge in [-0.2, -0.15) is 0 Å². The summed E-state index contributed by atoms with van der Waals surface area (Å²) in [6, 6.07) is 22.1. The monoisotopic (exact) mass is 469 g/mol. The van der Waals surface area contributed by atoms with Crippen LogP contribution in [0.2, 0.25) is 0 Å². The first-order valence-corrected chi connectivity index (χ1v) is 11.8. The Balaban J connectivity index is 1.66. The lowest BCUT2D eigenvalue weighted by atomic mass is 10.0. The zero-order chi connectivity index (χ0) is 24.0. The largest absolute Gasteiger partial charge is 0.466 e. The number of carbonyl (C=O) groups excluding carboxylic acids is 1. The number of hydrogen-bond donors (Lipinski definition) is 0. The Hall–Kier alpha value is -4.04. The van der Waals surface area contributed by atoms with Crippen molar-refractivity contribution < 1.29 is 14.3 Å². The highest BCUT2D eigenvalue weighted by Gasteiger charge is 2.19. The molecule has 0 bridgehead atoms. The molecule has 1 aliphatic heterocycles. The van der Waals surface area contributed by atoms with E-state index >= 15 is 0 Å². The molecule has 8 nitrogen and oxygen atoms in total. The lowest BCUT2D eigenvalue weighted by Gasteiger charge is -2.27. The summed E-state index contributed by atoms with van der Waals surface area (Å²) in [5, 5.41) is 4.79. The molecule has 2 aromatic carbocycles. The minimum absolute atomic E-state index is 0.0808. The van der Waals surface area contributed by atoms with Crippen LogP contribution in [-0.2, 0) is 20.7 Å². The molecular weight excluding hydrogens is 442 g/mol. The van der Waals surface area contributed by atoms with Gasteiger partial charge < -0.3 is 14.4 Å². The molecule has 3 heterocycles. The molecule has 0 unspecified atom stereocenters. The smallest absolute Gasteiger partial charge is 0.311 e. The van der Waals surface area contributed by atoms with E-state index in [-0.39, 0.29) is 12.4 Å². The van der Waals surface area contributed by atoms with Crippen molar-refractivity contribution in [1.29, 1.82) is 0 Å². The van der Waals surface area contributed by atoms with Gasteiger partial charge in [-0.1, -0.05) is 60.7 Å². The summed E-state index contributed by atoms with van der Waals surface area (Å²) < 4.78 is 12.3. The van der Waals surface area contributed by atoms with Crippen molar-refractivity contribution in [1.82, 2.24) is 14.6 Å². The second-order valence-corrected chi connectivity index (χ2v) is 8.16. The van der Waals surface area contributed by atoms with Crippen LogP contribution in [0.3, 0.4) is 0 Å². The van der Waals surface area contributed by atoms with E-state index in [1.54, 1.807) is 17.6 Å². The number of aliphatic imine (C=N–C) groups is 1. The molecule has 0 spiro atoms. The van der Waals surface area contributed by atoms with Gasteiger partial charge in [0.15, 0.2) is 11.5 Å². The molecule has 1 aliphatic rings. The molecule has 4 aromatic rings. The van der Waals surface area contributed by atoms with E-state index in [2.05, 4.69) is 4.90 Å². The van der Waals surface area contributed by atoms with Gasteiger partial charge in [-0.15, -0.1) is 5.10 Å². The number of ether oxygens (including phenoxy) is 2. The lowest BCUT2D eigenvalue weighted by molar-refractivity contribution is -0.142. The van der Waals surface area contributed by atoms with E-state index in [1.807, 2.05) is 66.7 Å². The lowest BCUT2D eigenvalue weighted by Crippen LogP contribution is -2.37. The van der Waals surface area contributed by atoms with E-state index in [4.69, 9.17) is 24.5 Å². The van der Waals surface area contributed by atoms with Crippen molar-refractivity contribution in [2.24, 2.45) is 4.99 Å². The number of rotatable bonds is 7. The first-order chi connectivity index (χ1) is 17.2. The number of esters is 1. The Bertz CT molecular complexity index is 1290. The minimum atomic E-state index is -0.316. The first kappa shape index (κ1) is 22.7. The Kier molecular flexibility index (Phi) is 6.81. The van der Waals surface area contributed by atoms with Crippen molar-refractivity contribution >= 4 is 28.8 Å². The standard InChI is InChI=1S/C27H27N5O3/c1-2-35-25(33)17-22-19-32-27(28-22)23(18-24(30-32)31-13-15-34-16-14-31)29-26(20-9-5-3-6-10-20)21-11-7-4-8-12-21/h3-12,18-19H,2,13-17H2,1H3. The van der Waals surface area contributed by atoms with E-state index < -0.39 is 0 Å². The van der Waals surface area contributed by atoms with Crippen LogP contribution < -0.4 is 4.90 Å². The molecule has 0 N–H and O–H groups in total. The van der Waals surface area contributed by atoms with Crippen molar-refractivity contribution in [3.63, 3.8) is 0 Å². The molecule has 1 fully saturated rings. The molecule has 35 heavy (non-hydrogen) atoms. The molecule has 8 heteroatoms. The second-order valence-electron chi connectivity index (χ2n) is 8.16. The molecule has 1 saturated heterocycles. The molecule has 0 saturated carbocycles. The number of carbonyl (C=O) groups is 1. The summed E-state index contributed by atoms with van der Waals surface area (Å²) in [6.45, 7) is 4.91. The summed E-state index contributed by atoms with van der Waals surface area (Å²) in [6.07, 6.45) is 1.86. The normalized spacial score (nSPS) is 13.6. The number of imidazole rings is 1. The number of aromatic nitrogens is 3. The highest BCUT2D eigenvalue weighted by molar-refractivity contribution is 6.14. The SMILES string of the molecule is CCOC(=O)Cc1cn2nc(N3CCOCC3)cc(N=C(c3ccccc3)c3ccccc3)c2n1. The van der Waals surface area contributed by atoms with Crippen LogP contribution in [-0.4, -0.2) is 59.2 Å². The second kappa shape index (κ2) is 10.5. The number of benzene rings is 2. The Morgan fingerprint density at radius 1 is 1.03 bits per heavy atom. The maximum atomic E-state index is 12.1. The summed E-state index contributed by atoms with van der Waals surface area (Å²) in [5.41, 5.74) is 4.69. The molecule has 0 aliphatic carbocycles. The quantitative estimate of drug-likeness (QED) is 0.302. The fraction of sp³-hybridized carbons (Fsp3) is 0.259. The highest BCUT2D eigenvalue weighted by atomic mass is 16.5. The molecular formula is C27H27N5O3. The van der Waals surface area contributed by atoms with Gasteiger partial charge in [-0.25, -0.2) is 14.5 Å².